The molecule has 6 atom stereocenters. The highest BCUT2D eigenvalue weighted by atomic mass is 16.6. The second kappa shape index (κ2) is 5.57. The van der Waals surface area contributed by atoms with Gasteiger partial charge in [-0.3, -0.25) is 0 Å². The Morgan fingerprint density at radius 3 is 2.54 bits per heavy atom. The molecule has 136 valence electrons. The van der Waals surface area contributed by atoms with Crippen LogP contribution in [0, 0.1) is 28.1 Å². The zero-order chi connectivity index (χ0) is 17.9. The number of aliphatic hydroxyl groups is 1. The lowest BCUT2D eigenvalue weighted by Gasteiger charge is -2.59. The number of ether oxygens (including phenoxy) is 2. The van der Waals surface area contributed by atoms with Gasteiger partial charge in [0.15, 0.2) is 6.29 Å². The summed E-state index contributed by atoms with van der Waals surface area (Å²) in [5, 5.41) is 10.6. The molecule has 0 spiro atoms. The molecule has 3 aliphatic rings. The molecule has 0 bridgehead atoms. The molecule has 3 rings (SSSR count). The Balaban J connectivity index is 2.06. The van der Waals surface area contributed by atoms with Crippen molar-refractivity contribution in [1.29, 1.82) is 0 Å². The molecule has 0 radical (unpaired) electrons. The number of esters is 1. The third-order valence-corrected chi connectivity index (χ3v) is 7.99. The molecule has 24 heavy (non-hydrogen) atoms. The van der Waals surface area contributed by atoms with E-state index in [1.807, 2.05) is 6.92 Å². The lowest BCUT2D eigenvalue weighted by molar-refractivity contribution is -0.193. The minimum atomic E-state index is -0.761. The maximum Gasteiger partial charge on any atom is 0.333 e. The zero-order valence-electron chi connectivity index (χ0n) is 15.9. The van der Waals surface area contributed by atoms with Gasteiger partial charge in [-0.25, -0.2) is 4.79 Å². The van der Waals surface area contributed by atoms with Gasteiger partial charge in [0.05, 0.1) is 6.61 Å². The zero-order valence-corrected chi connectivity index (χ0v) is 15.9. The minimum Gasteiger partial charge on any atom is -0.458 e. The van der Waals surface area contributed by atoms with E-state index in [-0.39, 0.29) is 40.2 Å². The number of allylic oxidation sites excluding steroid dienone is 1. The second-order valence-corrected chi connectivity index (χ2v) is 9.07. The predicted molar refractivity (Wildman–Crippen MR) is 92.1 cm³/mol. The van der Waals surface area contributed by atoms with Gasteiger partial charge in [0.2, 0.25) is 0 Å². The van der Waals surface area contributed by atoms with Crippen LogP contribution in [0.15, 0.2) is 11.6 Å². The molecule has 3 fully saturated rings. The number of aliphatic hydroxyl groups excluding tert-OH is 1. The summed E-state index contributed by atoms with van der Waals surface area (Å²) in [6, 6.07) is 0. The molecular weight excluding hydrogens is 304 g/mol. The quantitative estimate of drug-likeness (QED) is 0.617. The Morgan fingerprint density at radius 1 is 1.25 bits per heavy atom. The summed E-state index contributed by atoms with van der Waals surface area (Å²) in [6.07, 6.45) is 4.12. The van der Waals surface area contributed by atoms with Crippen LogP contribution < -0.4 is 0 Å². The molecule has 4 nitrogen and oxygen atoms in total. The van der Waals surface area contributed by atoms with Gasteiger partial charge in [0.25, 0.3) is 0 Å². The summed E-state index contributed by atoms with van der Waals surface area (Å²) in [5.41, 5.74) is 0.429. The number of hydrogen-bond acceptors (Lipinski definition) is 4. The first-order chi connectivity index (χ1) is 11.1. The summed E-state index contributed by atoms with van der Waals surface area (Å²) >= 11 is 0. The van der Waals surface area contributed by atoms with E-state index in [0.29, 0.717) is 12.2 Å². The number of rotatable bonds is 2. The first-order valence-corrected chi connectivity index (χ1v) is 9.24. The highest BCUT2D eigenvalue weighted by Gasteiger charge is 2.74. The van der Waals surface area contributed by atoms with Crippen LogP contribution in [0.2, 0.25) is 0 Å². The molecule has 2 aliphatic carbocycles. The smallest absolute Gasteiger partial charge is 0.333 e. The Kier molecular flexibility index (Phi) is 4.16. The van der Waals surface area contributed by atoms with E-state index in [1.165, 1.54) is 0 Å². The molecule has 0 aromatic carbocycles. The minimum absolute atomic E-state index is 0.0153. The fourth-order valence-corrected chi connectivity index (χ4v) is 6.09. The average molecular weight is 336 g/mol. The van der Waals surface area contributed by atoms with Crippen LogP contribution in [0.25, 0.3) is 0 Å². The van der Waals surface area contributed by atoms with Crippen molar-refractivity contribution in [3.8, 4) is 0 Å². The maximum atomic E-state index is 12.5. The summed E-state index contributed by atoms with van der Waals surface area (Å²) < 4.78 is 11.7. The van der Waals surface area contributed by atoms with Crippen molar-refractivity contribution < 1.29 is 19.4 Å². The molecule has 0 unspecified atom stereocenters. The summed E-state index contributed by atoms with van der Waals surface area (Å²) in [7, 11) is 0. The van der Waals surface area contributed by atoms with E-state index < -0.39 is 6.29 Å². The average Bonchev–Trinajstić information content (AvgIpc) is 2.98. The van der Waals surface area contributed by atoms with Gasteiger partial charge in [0, 0.05) is 22.8 Å². The highest BCUT2D eigenvalue weighted by molar-refractivity contribution is 5.87. The monoisotopic (exact) mass is 336 g/mol. The molecule has 0 aromatic heterocycles. The Labute approximate surface area is 145 Å². The Bertz CT molecular complexity index is 566. The van der Waals surface area contributed by atoms with Crippen molar-refractivity contribution in [2.24, 2.45) is 28.1 Å². The van der Waals surface area contributed by atoms with Crippen LogP contribution in [0.3, 0.4) is 0 Å². The van der Waals surface area contributed by atoms with Crippen molar-refractivity contribution in [3.05, 3.63) is 11.6 Å². The van der Waals surface area contributed by atoms with Gasteiger partial charge in [-0.15, -0.1) is 0 Å². The third kappa shape index (κ3) is 2.08. The maximum absolute atomic E-state index is 12.5. The topological polar surface area (TPSA) is 55.8 Å². The van der Waals surface area contributed by atoms with Crippen molar-refractivity contribution in [2.45, 2.75) is 73.2 Å². The van der Waals surface area contributed by atoms with Gasteiger partial charge in [0.1, 0.15) is 6.10 Å². The van der Waals surface area contributed by atoms with Gasteiger partial charge in [-0.05, 0) is 37.5 Å². The van der Waals surface area contributed by atoms with E-state index in [0.717, 1.165) is 19.3 Å². The van der Waals surface area contributed by atoms with Crippen LogP contribution in [0.5, 0.6) is 0 Å². The van der Waals surface area contributed by atoms with Gasteiger partial charge in [-0.1, -0.05) is 40.2 Å². The fraction of sp³-hybridized carbons (Fsp3) is 0.850. The summed E-state index contributed by atoms with van der Waals surface area (Å²) in [6.45, 7) is 13.3. The molecule has 4 heteroatoms. The van der Waals surface area contributed by atoms with E-state index in [1.54, 1.807) is 13.0 Å². The van der Waals surface area contributed by atoms with Crippen molar-refractivity contribution in [3.63, 3.8) is 0 Å². The SMILES string of the molecule is C/C=C(/C)C(=O)O[C@H]1[C@@H]2CO[C@@H](O)[C@@H]2[C@@]2(C)C(C)(C)CCC[C@@]12C. The second-order valence-electron chi connectivity index (χ2n) is 9.07. The van der Waals surface area contributed by atoms with Crippen LogP contribution in [0.1, 0.15) is 60.8 Å². The van der Waals surface area contributed by atoms with Gasteiger partial charge >= 0.3 is 5.97 Å². The molecule has 2 saturated carbocycles. The number of carbonyl (C=O) groups excluding carboxylic acids is 1. The first-order valence-electron chi connectivity index (χ1n) is 9.24. The van der Waals surface area contributed by atoms with E-state index in [9.17, 15) is 9.90 Å². The summed E-state index contributed by atoms with van der Waals surface area (Å²) in [4.78, 5) is 12.5. The van der Waals surface area contributed by atoms with Crippen LogP contribution >= 0.6 is 0 Å². The van der Waals surface area contributed by atoms with E-state index in [4.69, 9.17) is 9.47 Å². The Morgan fingerprint density at radius 2 is 1.92 bits per heavy atom. The fourth-order valence-electron chi connectivity index (χ4n) is 6.09. The molecule has 0 amide bonds. The largest absolute Gasteiger partial charge is 0.458 e. The number of carbonyl (C=O) groups is 1. The molecule has 1 heterocycles. The van der Waals surface area contributed by atoms with Crippen molar-refractivity contribution >= 4 is 5.97 Å². The standard InChI is InChI=1S/C20H32O4/c1-7-12(2)16(21)24-15-13-11-23-17(22)14(13)20(6)18(3,4)9-8-10-19(15,20)5/h7,13-15,17,22H,8-11H2,1-6H3/b12-7-/t13-,14-,15+,17-,19+,20+/m1/s1. The van der Waals surface area contributed by atoms with Crippen LogP contribution in [-0.4, -0.2) is 30.1 Å². The molecule has 0 aromatic rings. The molecular formula is C20H32O4. The normalized spacial score (nSPS) is 47.2. The Hall–Kier alpha value is -0.870. The van der Waals surface area contributed by atoms with Crippen LogP contribution in [0.4, 0.5) is 0 Å². The van der Waals surface area contributed by atoms with Gasteiger partial charge < -0.3 is 14.6 Å². The number of fused-ring (bicyclic) bond motifs is 3. The van der Waals surface area contributed by atoms with E-state index >= 15 is 0 Å². The number of hydrogen-bond donors (Lipinski definition) is 1. The summed E-state index contributed by atoms with van der Waals surface area (Å²) in [5.74, 6) is -0.154. The van der Waals surface area contributed by atoms with Crippen LogP contribution in [-0.2, 0) is 14.3 Å². The molecule has 1 saturated heterocycles. The predicted octanol–water partition coefficient (Wildman–Crippen LogP) is 3.68. The lowest BCUT2D eigenvalue weighted by Crippen LogP contribution is -2.56. The van der Waals surface area contributed by atoms with Gasteiger partial charge in [-0.2, -0.15) is 0 Å². The lowest BCUT2D eigenvalue weighted by atomic mass is 9.46. The highest BCUT2D eigenvalue weighted by Crippen LogP contribution is 2.73. The van der Waals surface area contributed by atoms with Crippen molar-refractivity contribution in [1.82, 2.24) is 0 Å². The van der Waals surface area contributed by atoms with E-state index in [2.05, 4.69) is 27.7 Å². The van der Waals surface area contributed by atoms with Crippen molar-refractivity contribution in [2.75, 3.05) is 6.61 Å². The first kappa shape index (κ1) is 17.9. The molecule has 1 N–H and O–H groups in total. The molecule has 1 aliphatic heterocycles. The third-order valence-electron chi connectivity index (χ3n) is 7.99.